The Morgan fingerprint density at radius 3 is 2.79 bits per heavy atom. The first kappa shape index (κ1) is 19.1. The molecule has 1 N–H and O–H groups in total. The molecule has 0 spiro atoms. The van der Waals surface area contributed by atoms with Crippen LogP contribution < -0.4 is 10.1 Å². The molecule has 0 fully saturated rings. The molecule has 144 valence electrons. The maximum atomic E-state index is 12.5. The summed E-state index contributed by atoms with van der Waals surface area (Å²) in [6.07, 6.45) is 0. The number of nitrogens with one attached hydrogen (secondary N) is 1. The molecule has 0 aliphatic carbocycles. The second-order valence-corrected chi connectivity index (χ2v) is 8.68. The molecular formula is C21H20BrN3O2S. The number of anilines is 1. The molecule has 2 aromatic carbocycles. The highest BCUT2D eigenvalue weighted by molar-refractivity contribution is 9.10. The number of benzene rings is 2. The second kappa shape index (κ2) is 7.64. The number of aromatic nitrogens is 2. The zero-order valence-electron chi connectivity index (χ0n) is 15.8. The Balaban J connectivity index is 1.95. The van der Waals surface area contributed by atoms with Gasteiger partial charge in [-0.3, -0.25) is 4.79 Å². The van der Waals surface area contributed by atoms with Crippen molar-refractivity contribution in [3.63, 3.8) is 0 Å². The van der Waals surface area contributed by atoms with E-state index in [1.807, 2.05) is 54.9 Å². The number of carbonyl (C=O) groups is 1. The van der Waals surface area contributed by atoms with Crippen molar-refractivity contribution in [2.24, 2.45) is 0 Å². The van der Waals surface area contributed by atoms with E-state index in [4.69, 9.17) is 9.84 Å². The number of thioether (sulfide) groups is 1. The van der Waals surface area contributed by atoms with E-state index in [0.29, 0.717) is 5.75 Å². The highest BCUT2D eigenvalue weighted by Gasteiger charge is 2.32. The number of nitrogens with zero attached hydrogens (tertiary/aromatic N) is 2. The summed E-state index contributed by atoms with van der Waals surface area (Å²) in [6.45, 7) is 4.03. The van der Waals surface area contributed by atoms with E-state index in [2.05, 4.69) is 27.3 Å². The molecule has 5 nitrogen and oxygen atoms in total. The molecule has 28 heavy (non-hydrogen) atoms. The molecule has 7 heteroatoms. The largest absolute Gasteiger partial charge is 0.496 e. The van der Waals surface area contributed by atoms with Crippen molar-refractivity contribution in [2.75, 3.05) is 18.2 Å². The van der Waals surface area contributed by atoms with Crippen LogP contribution in [0.3, 0.4) is 0 Å². The number of hydrogen-bond donors (Lipinski definition) is 1. The summed E-state index contributed by atoms with van der Waals surface area (Å²) in [7, 11) is 1.67. The molecule has 0 saturated heterocycles. The first-order chi connectivity index (χ1) is 13.5. The summed E-state index contributed by atoms with van der Waals surface area (Å²) in [5, 5.41) is 7.80. The van der Waals surface area contributed by atoms with Gasteiger partial charge in [0.25, 0.3) is 0 Å². The molecule has 3 aromatic rings. The van der Waals surface area contributed by atoms with Crippen LogP contribution in [0.1, 0.15) is 27.6 Å². The van der Waals surface area contributed by atoms with Gasteiger partial charge in [-0.05, 0) is 43.7 Å². The summed E-state index contributed by atoms with van der Waals surface area (Å²) < 4.78 is 8.44. The average molecular weight is 458 g/mol. The second-order valence-electron chi connectivity index (χ2n) is 6.67. The predicted octanol–water partition coefficient (Wildman–Crippen LogP) is 5.03. The molecular weight excluding hydrogens is 438 g/mol. The van der Waals surface area contributed by atoms with E-state index in [1.165, 1.54) is 0 Å². The highest BCUT2D eigenvalue weighted by atomic mass is 79.9. The fourth-order valence-electron chi connectivity index (χ4n) is 3.51. The Hall–Kier alpha value is -2.25. The number of halogens is 1. The Kier molecular flexibility index (Phi) is 5.21. The van der Waals surface area contributed by atoms with Crippen molar-refractivity contribution >= 4 is 39.4 Å². The van der Waals surface area contributed by atoms with Crippen LogP contribution >= 0.6 is 27.7 Å². The number of methoxy groups -OCH3 is 1. The Morgan fingerprint density at radius 1 is 1.25 bits per heavy atom. The van der Waals surface area contributed by atoms with Crippen molar-refractivity contribution in [2.45, 2.75) is 19.1 Å². The molecule has 1 aromatic heterocycles. The number of ether oxygens (including phenoxy) is 1. The van der Waals surface area contributed by atoms with E-state index in [0.717, 1.165) is 44.1 Å². The van der Waals surface area contributed by atoms with Gasteiger partial charge in [0.1, 0.15) is 11.6 Å². The van der Waals surface area contributed by atoms with Gasteiger partial charge in [-0.25, -0.2) is 4.68 Å². The topological polar surface area (TPSA) is 56.1 Å². The van der Waals surface area contributed by atoms with Crippen LogP contribution in [-0.4, -0.2) is 28.6 Å². The van der Waals surface area contributed by atoms with Gasteiger partial charge in [0.2, 0.25) is 5.91 Å². The molecule has 1 aliphatic heterocycles. The van der Waals surface area contributed by atoms with Crippen molar-refractivity contribution < 1.29 is 9.53 Å². The van der Waals surface area contributed by atoms with Crippen LogP contribution in [-0.2, 0) is 4.79 Å². The lowest BCUT2D eigenvalue weighted by molar-refractivity contribution is -0.113. The fourth-order valence-corrected chi connectivity index (χ4v) is 5.10. The molecule has 0 bridgehead atoms. The summed E-state index contributed by atoms with van der Waals surface area (Å²) >= 11 is 5.15. The molecule has 0 unspecified atom stereocenters. The van der Waals surface area contributed by atoms with Crippen LogP contribution in [0, 0.1) is 13.8 Å². The number of rotatable bonds is 3. The van der Waals surface area contributed by atoms with Crippen LogP contribution in [0.15, 0.2) is 46.9 Å². The number of para-hydroxylation sites is 1. The van der Waals surface area contributed by atoms with Gasteiger partial charge in [0, 0.05) is 15.6 Å². The smallest absolute Gasteiger partial charge is 0.235 e. The van der Waals surface area contributed by atoms with Crippen LogP contribution in [0.4, 0.5) is 5.82 Å². The number of fused-ring (bicyclic) bond motifs is 1. The van der Waals surface area contributed by atoms with Crippen molar-refractivity contribution in [1.82, 2.24) is 9.78 Å². The third-order valence-corrected chi connectivity index (χ3v) is 6.57. The lowest BCUT2D eigenvalue weighted by Gasteiger charge is -2.19. The van der Waals surface area contributed by atoms with Gasteiger partial charge in [0.05, 0.1) is 29.5 Å². The van der Waals surface area contributed by atoms with E-state index in [1.54, 1.807) is 18.9 Å². The van der Waals surface area contributed by atoms with Crippen molar-refractivity contribution in [3.8, 4) is 11.4 Å². The third-order valence-electron chi connectivity index (χ3n) is 4.83. The molecule has 1 aliphatic rings. The predicted molar refractivity (Wildman–Crippen MR) is 117 cm³/mol. The normalized spacial score (nSPS) is 16.3. The first-order valence-electron chi connectivity index (χ1n) is 8.90. The van der Waals surface area contributed by atoms with Gasteiger partial charge >= 0.3 is 0 Å². The number of carbonyl (C=O) groups excluding carboxylic acids is 1. The SMILES string of the molecule is COc1ccc(Br)cc1[C@H]1SCC(=O)Nc2c1c(C)nn2-c1ccccc1C. The van der Waals surface area contributed by atoms with Crippen molar-refractivity contribution in [1.29, 1.82) is 0 Å². The fraction of sp³-hybridized carbons (Fsp3) is 0.238. The monoisotopic (exact) mass is 457 g/mol. The maximum Gasteiger partial charge on any atom is 0.235 e. The van der Waals surface area contributed by atoms with E-state index in [9.17, 15) is 4.79 Å². The minimum atomic E-state index is -0.0702. The highest BCUT2D eigenvalue weighted by Crippen LogP contribution is 2.47. The third kappa shape index (κ3) is 3.33. The van der Waals surface area contributed by atoms with E-state index in [-0.39, 0.29) is 11.2 Å². The van der Waals surface area contributed by atoms with E-state index >= 15 is 0 Å². The van der Waals surface area contributed by atoms with Gasteiger partial charge in [-0.2, -0.15) is 5.10 Å². The zero-order chi connectivity index (χ0) is 19.8. The van der Waals surface area contributed by atoms with Crippen LogP contribution in [0.5, 0.6) is 5.75 Å². The zero-order valence-corrected chi connectivity index (χ0v) is 18.2. The number of amides is 1. The van der Waals surface area contributed by atoms with Gasteiger partial charge in [-0.15, -0.1) is 11.8 Å². The summed E-state index contributed by atoms with van der Waals surface area (Å²) in [6, 6.07) is 14.0. The Morgan fingerprint density at radius 2 is 2.04 bits per heavy atom. The molecule has 1 atom stereocenters. The lowest BCUT2D eigenvalue weighted by atomic mass is 10.0. The molecule has 4 rings (SSSR count). The van der Waals surface area contributed by atoms with Gasteiger partial charge in [0.15, 0.2) is 0 Å². The maximum absolute atomic E-state index is 12.5. The van der Waals surface area contributed by atoms with Gasteiger partial charge < -0.3 is 10.1 Å². The summed E-state index contributed by atoms with van der Waals surface area (Å²) in [5.41, 5.74) is 4.97. The van der Waals surface area contributed by atoms with E-state index < -0.39 is 0 Å². The first-order valence-corrected chi connectivity index (χ1v) is 10.7. The van der Waals surface area contributed by atoms with Crippen LogP contribution in [0.25, 0.3) is 5.69 Å². The Bertz CT molecular complexity index is 1060. The average Bonchev–Trinajstić information content (AvgIpc) is 2.88. The lowest BCUT2D eigenvalue weighted by Crippen LogP contribution is -2.16. The molecule has 0 saturated carbocycles. The molecule has 1 amide bonds. The summed E-state index contributed by atoms with van der Waals surface area (Å²) in [5.74, 6) is 1.86. The number of hydrogen-bond acceptors (Lipinski definition) is 4. The molecule has 0 radical (unpaired) electrons. The molecule has 2 heterocycles. The van der Waals surface area contributed by atoms with Crippen LogP contribution in [0.2, 0.25) is 0 Å². The van der Waals surface area contributed by atoms with Gasteiger partial charge in [-0.1, -0.05) is 34.1 Å². The standard InChI is InChI=1S/C21H20BrN3O2S/c1-12-6-4-5-7-16(12)25-21-19(13(2)24-25)20(28-11-18(26)23-21)15-10-14(22)8-9-17(15)27-3/h4-10,20H,11H2,1-3H3,(H,23,26)/t20-/m1/s1. The minimum Gasteiger partial charge on any atom is -0.496 e. The quantitative estimate of drug-likeness (QED) is 0.598. The summed E-state index contributed by atoms with van der Waals surface area (Å²) in [4.78, 5) is 12.5. The van der Waals surface area contributed by atoms with Crippen molar-refractivity contribution in [3.05, 3.63) is 69.3 Å². The minimum absolute atomic E-state index is 0.0301. The Labute approximate surface area is 176 Å². The number of aryl methyl sites for hydroxylation is 2.